The van der Waals surface area contributed by atoms with Gasteiger partial charge in [-0.1, -0.05) is 23.9 Å². The highest BCUT2D eigenvalue weighted by Gasteiger charge is 2.30. The number of aliphatic carboxylic acids is 1. The fourth-order valence-corrected chi connectivity index (χ4v) is 2.69. The van der Waals surface area contributed by atoms with Gasteiger partial charge in [-0.3, -0.25) is 0 Å². The van der Waals surface area contributed by atoms with E-state index in [0.717, 1.165) is 0 Å². The molecule has 0 amide bonds. The molecule has 1 heterocycles. The van der Waals surface area contributed by atoms with E-state index in [9.17, 15) is 13.6 Å². The maximum Gasteiger partial charge on any atom is 0.332 e. The lowest BCUT2D eigenvalue weighted by molar-refractivity contribution is -0.149. The summed E-state index contributed by atoms with van der Waals surface area (Å²) in [7, 11) is 0. The summed E-state index contributed by atoms with van der Waals surface area (Å²) < 4.78 is 30.2. The Kier molecular flexibility index (Phi) is 5.19. The summed E-state index contributed by atoms with van der Waals surface area (Å²) in [6, 6.07) is 6.79. The number of nitrogens with one attached hydrogen (secondary N) is 1. The molecule has 0 aromatic heterocycles. The second-order valence-electron chi connectivity index (χ2n) is 4.42. The number of carbonyl (C=O) groups is 1. The zero-order valence-electron chi connectivity index (χ0n) is 10.6. The largest absolute Gasteiger partial charge is 0.479 e. The Labute approximate surface area is 119 Å². The van der Waals surface area contributed by atoms with Crippen LogP contribution in [0, 0.1) is 0 Å². The molecule has 1 aliphatic rings. The number of para-hydroxylation sites is 1. The first-order valence-electron chi connectivity index (χ1n) is 6.22. The van der Waals surface area contributed by atoms with Crippen LogP contribution in [-0.4, -0.2) is 35.6 Å². The van der Waals surface area contributed by atoms with Crippen LogP contribution in [0.1, 0.15) is 12.8 Å². The Morgan fingerprint density at radius 3 is 2.85 bits per heavy atom. The first-order chi connectivity index (χ1) is 9.56. The lowest BCUT2D eigenvalue weighted by Crippen LogP contribution is -2.24. The van der Waals surface area contributed by atoms with Crippen molar-refractivity contribution in [2.45, 2.75) is 35.7 Å². The van der Waals surface area contributed by atoms with Gasteiger partial charge in [0.15, 0.2) is 6.10 Å². The molecule has 1 fully saturated rings. The Balaban J connectivity index is 1.90. The molecular formula is C13H15F2NO3S. The van der Waals surface area contributed by atoms with Gasteiger partial charge in [-0.25, -0.2) is 4.79 Å². The van der Waals surface area contributed by atoms with Crippen LogP contribution < -0.4 is 5.32 Å². The van der Waals surface area contributed by atoms with Crippen molar-refractivity contribution >= 4 is 23.4 Å². The number of rotatable bonds is 6. The fourth-order valence-electron chi connectivity index (χ4n) is 2.07. The minimum absolute atomic E-state index is 0.208. The smallest absolute Gasteiger partial charge is 0.332 e. The van der Waals surface area contributed by atoms with Crippen LogP contribution >= 0.6 is 11.8 Å². The van der Waals surface area contributed by atoms with Gasteiger partial charge in [0.05, 0.1) is 6.10 Å². The van der Waals surface area contributed by atoms with Gasteiger partial charge in [-0.15, -0.1) is 0 Å². The normalized spacial score (nSPS) is 22.1. The molecule has 110 valence electrons. The summed E-state index contributed by atoms with van der Waals surface area (Å²) in [6.45, 7) is 0.407. The van der Waals surface area contributed by atoms with Crippen molar-refractivity contribution in [2.75, 3.05) is 11.9 Å². The lowest BCUT2D eigenvalue weighted by Gasteiger charge is -2.15. The van der Waals surface area contributed by atoms with E-state index in [1.807, 2.05) is 0 Å². The summed E-state index contributed by atoms with van der Waals surface area (Å²) in [6.07, 6.45) is 0.164. The number of ether oxygens (including phenoxy) is 1. The second-order valence-corrected chi connectivity index (χ2v) is 5.45. The van der Waals surface area contributed by atoms with Crippen molar-refractivity contribution < 1.29 is 23.4 Å². The van der Waals surface area contributed by atoms with Crippen LogP contribution in [0.5, 0.6) is 0 Å². The minimum Gasteiger partial charge on any atom is -0.479 e. The molecule has 2 atom stereocenters. The third-order valence-corrected chi connectivity index (χ3v) is 3.79. The molecule has 0 radical (unpaired) electrons. The van der Waals surface area contributed by atoms with E-state index in [0.29, 0.717) is 41.7 Å². The van der Waals surface area contributed by atoms with Crippen LogP contribution in [0.3, 0.4) is 0 Å². The molecule has 0 saturated carbocycles. The van der Waals surface area contributed by atoms with Crippen molar-refractivity contribution in [1.82, 2.24) is 0 Å². The van der Waals surface area contributed by atoms with E-state index in [2.05, 4.69) is 5.32 Å². The third-order valence-electron chi connectivity index (χ3n) is 3.01. The standard InChI is InChI=1S/C13H15F2NO3S/c14-13(15)20-11-4-2-1-3-9(11)16-7-8-5-6-10(19-8)12(17)18/h1-4,8,10,13,16H,5-7H2,(H,17,18). The van der Waals surface area contributed by atoms with Crippen molar-refractivity contribution in [2.24, 2.45) is 0 Å². The fraction of sp³-hybridized carbons (Fsp3) is 0.462. The van der Waals surface area contributed by atoms with Crippen LogP contribution in [0.25, 0.3) is 0 Å². The predicted molar refractivity (Wildman–Crippen MR) is 72.3 cm³/mol. The van der Waals surface area contributed by atoms with Crippen molar-refractivity contribution in [3.05, 3.63) is 24.3 Å². The van der Waals surface area contributed by atoms with E-state index in [1.165, 1.54) is 0 Å². The maximum atomic E-state index is 12.4. The molecule has 1 saturated heterocycles. The first kappa shape index (κ1) is 15.1. The number of halogens is 2. The number of carboxylic acid groups (broad SMARTS) is 1. The van der Waals surface area contributed by atoms with Gasteiger partial charge in [0.2, 0.25) is 0 Å². The van der Waals surface area contributed by atoms with Crippen molar-refractivity contribution in [1.29, 1.82) is 0 Å². The molecule has 1 aliphatic heterocycles. The van der Waals surface area contributed by atoms with Crippen LogP contribution in [0.4, 0.5) is 14.5 Å². The molecule has 0 spiro atoms. The summed E-state index contributed by atoms with van der Waals surface area (Å²) in [5.74, 6) is -3.43. The number of hydrogen-bond acceptors (Lipinski definition) is 4. The predicted octanol–water partition coefficient (Wildman–Crippen LogP) is 3.05. The number of carboxylic acids is 1. The molecule has 4 nitrogen and oxygen atoms in total. The summed E-state index contributed by atoms with van der Waals surface area (Å²) in [4.78, 5) is 11.2. The number of hydrogen-bond donors (Lipinski definition) is 2. The van der Waals surface area contributed by atoms with Crippen molar-refractivity contribution in [3.63, 3.8) is 0 Å². The molecule has 0 aliphatic carbocycles. The molecular weight excluding hydrogens is 288 g/mol. The van der Waals surface area contributed by atoms with E-state index < -0.39 is 17.8 Å². The zero-order chi connectivity index (χ0) is 14.5. The van der Waals surface area contributed by atoms with Gasteiger partial charge in [0, 0.05) is 17.1 Å². The number of thioether (sulfide) groups is 1. The summed E-state index contributed by atoms with van der Waals surface area (Å²) in [5, 5.41) is 11.9. The number of alkyl halides is 2. The average Bonchev–Trinajstić information content (AvgIpc) is 2.86. The molecule has 2 unspecified atom stereocenters. The van der Waals surface area contributed by atoms with E-state index in [4.69, 9.17) is 9.84 Å². The van der Waals surface area contributed by atoms with Crippen LogP contribution in [0.15, 0.2) is 29.2 Å². The SMILES string of the molecule is O=C(O)C1CCC(CNc2ccccc2SC(F)F)O1. The summed E-state index contributed by atoms with van der Waals surface area (Å²) in [5.41, 5.74) is 0.611. The van der Waals surface area contributed by atoms with E-state index >= 15 is 0 Å². The van der Waals surface area contributed by atoms with E-state index in [1.54, 1.807) is 24.3 Å². The highest BCUT2D eigenvalue weighted by Crippen LogP contribution is 2.32. The maximum absolute atomic E-state index is 12.4. The lowest BCUT2D eigenvalue weighted by atomic mass is 10.2. The van der Waals surface area contributed by atoms with Gasteiger partial charge in [0.1, 0.15) is 0 Å². The molecule has 0 bridgehead atoms. The van der Waals surface area contributed by atoms with Gasteiger partial charge < -0.3 is 15.2 Å². The van der Waals surface area contributed by atoms with Gasteiger partial charge in [-0.2, -0.15) is 8.78 Å². The highest BCUT2D eigenvalue weighted by molar-refractivity contribution is 7.99. The van der Waals surface area contributed by atoms with Gasteiger partial charge in [0.25, 0.3) is 5.76 Å². The zero-order valence-corrected chi connectivity index (χ0v) is 11.4. The quantitative estimate of drug-likeness (QED) is 0.791. The molecule has 1 aromatic rings. The number of benzene rings is 1. The van der Waals surface area contributed by atoms with Gasteiger partial charge >= 0.3 is 5.97 Å². The Hall–Kier alpha value is -1.34. The summed E-state index contributed by atoms with van der Waals surface area (Å²) >= 11 is 0.482. The second kappa shape index (κ2) is 6.90. The van der Waals surface area contributed by atoms with E-state index in [-0.39, 0.29) is 6.10 Å². The highest BCUT2D eigenvalue weighted by atomic mass is 32.2. The Morgan fingerprint density at radius 2 is 2.20 bits per heavy atom. The molecule has 20 heavy (non-hydrogen) atoms. The molecule has 2 N–H and O–H groups in total. The van der Waals surface area contributed by atoms with Gasteiger partial charge in [-0.05, 0) is 25.0 Å². The van der Waals surface area contributed by atoms with Crippen molar-refractivity contribution in [3.8, 4) is 0 Å². The Morgan fingerprint density at radius 1 is 1.45 bits per heavy atom. The average molecular weight is 303 g/mol. The van der Waals surface area contributed by atoms with Crippen LogP contribution in [-0.2, 0) is 9.53 Å². The Bertz CT molecular complexity index is 473. The number of anilines is 1. The molecule has 7 heteroatoms. The monoisotopic (exact) mass is 303 g/mol. The molecule has 1 aromatic carbocycles. The first-order valence-corrected chi connectivity index (χ1v) is 7.10. The molecule has 2 rings (SSSR count). The topological polar surface area (TPSA) is 58.6 Å². The minimum atomic E-state index is -2.47. The van der Waals surface area contributed by atoms with Crippen LogP contribution in [0.2, 0.25) is 0 Å². The third kappa shape index (κ3) is 4.08.